The van der Waals surface area contributed by atoms with Crippen LogP contribution in [0.2, 0.25) is 10.0 Å². The SMILES string of the molecule is CCCCNC(=O)C(CC)N(Cc1ccc(Cl)cc1Cl)C(=O)COc1ccc2ccccc2c1Br. The first kappa shape index (κ1) is 27.3. The minimum Gasteiger partial charge on any atom is -0.483 e. The standard InChI is InChI=1S/C27H29BrCl2N2O3/c1-3-5-14-31-27(34)23(4-2)32(16-19-10-12-20(29)15-22(19)30)25(33)17-35-24-13-11-18-8-6-7-9-21(18)26(24)28/h6-13,15,23H,3-5,14,16-17H2,1-2H3,(H,31,34). The summed E-state index contributed by atoms with van der Waals surface area (Å²) >= 11 is 16.0. The van der Waals surface area contributed by atoms with Crippen LogP contribution in [0, 0.1) is 0 Å². The number of ether oxygens (including phenoxy) is 1. The van der Waals surface area contributed by atoms with Gasteiger partial charge in [-0.1, -0.05) is 79.9 Å². The van der Waals surface area contributed by atoms with Gasteiger partial charge < -0.3 is 15.0 Å². The molecule has 186 valence electrons. The van der Waals surface area contributed by atoms with Crippen molar-refractivity contribution in [1.29, 1.82) is 0 Å². The van der Waals surface area contributed by atoms with Gasteiger partial charge in [0, 0.05) is 23.1 Å². The normalized spacial score (nSPS) is 11.8. The lowest BCUT2D eigenvalue weighted by atomic mass is 10.1. The van der Waals surface area contributed by atoms with Gasteiger partial charge in [-0.2, -0.15) is 0 Å². The number of amides is 2. The van der Waals surface area contributed by atoms with Crippen LogP contribution >= 0.6 is 39.1 Å². The third-order valence-electron chi connectivity index (χ3n) is 5.75. The van der Waals surface area contributed by atoms with E-state index < -0.39 is 6.04 Å². The Morgan fingerprint density at radius 2 is 1.86 bits per heavy atom. The van der Waals surface area contributed by atoms with Gasteiger partial charge in [-0.25, -0.2) is 0 Å². The van der Waals surface area contributed by atoms with E-state index in [1.165, 1.54) is 4.90 Å². The molecule has 0 aliphatic rings. The first-order valence-corrected chi connectivity index (χ1v) is 13.2. The Balaban J connectivity index is 1.83. The third kappa shape index (κ3) is 7.12. The number of nitrogens with one attached hydrogen (secondary N) is 1. The summed E-state index contributed by atoms with van der Waals surface area (Å²) in [7, 11) is 0. The first-order chi connectivity index (χ1) is 16.8. The summed E-state index contributed by atoms with van der Waals surface area (Å²) in [6, 6.07) is 16.1. The zero-order valence-corrected chi connectivity index (χ0v) is 22.9. The van der Waals surface area contributed by atoms with Gasteiger partial charge in [0.1, 0.15) is 11.8 Å². The number of rotatable bonds is 11. The maximum Gasteiger partial charge on any atom is 0.261 e. The molecule has 3 rings (SSSR count). The van der Waals surface area contributed by atoms with Gasteiger partial charge in [0.2, 0.25) is 5.91 Å². The fourth-order valence-corrected chi connectivity index (χ4v) is 4.88. The molecule has 5 nitrogen and oxygen atoms in total. The summed E-state index contributed by atoms with van der Waals surface area (Å²) in [5.74, 6) is 0.0572. The predicted octanol–water partition coefficient (Wildman–Crippen LogP) is 7.01. The van der Waals surface area contributed by atoms with Crippen LogP contribution in [0.15, 0.2) is 59.1 Å². The van der Waals surface area contributed by atoms with Crippen molar-refractivity contribution in [2.24, 2.45) is 0 Å². The highest BCUT2D eigenvalue weighted by molar-refractivity contribution is 9.10. The second-order valence-electron chi connectivity index (χ2n) is 8.21. The zero-order chi connectivity index (χ0) is 25.4. The Hall–Kier alpha value is -2.28. The van der Waals surface area contributed by atoms with E-state index in [9.17, 15) is 9.59 Å². The van der Waals surface area contributed by atoms with Crippen LogP contribution in [-0.4, -0.2) is 35.9 Å². The van der Waals surface area contributed by atoms with E-state index in [1.54, 1.807) is 18.2 Å². The molecular weight excluding hydrogens is 551 g/mol. The summed E-state index contributed by atoms with van der Waals surface area (Å²) < 4.78 is 6.70. The maximum atomic E-state index is 13.4. The van der Waals surface area contributed by atoms with Crippen LogP contribution in [0.1, 0.15) is 38.7 Å². The molecule has 0 saturated heterocycles. The number of nitrogens with zero attached hydrogens (tertiary/aromatic N) is 1. The number of hydrogen-bond donors (Lipinski definition) is 1. The van der Waals surface area contributed by atoms with E-state index in [1.807, 2.05) is 43.3 Å². The van der Waals surface area contributed by atoms with Crippen molar-refractivity contribution in [2.45, 2.75) is 45.7 Å². The number of hydrogen-bond acceptors (Lipinski definition) is 3. The average Bonchev–Trinajstić information content (AvgIpc) is 2.85. The van der Waals surface area contributed by atoms with Crippen molar-refractivity contribution in [3.8, 4) is 5.75 Å². The molecule has 1 unspecified atom stereocenters. The molecule has 0 aromatic heterocycles. The zero-order valence-electron chi connectivity index (χ0n) is 19.8. The second-order valence-corrected chi connectivity index (χ2v) is 9.85. The van der Waals surface area contributed by atoms with Gasteiger partial charge in [-0.15, -0.1) is 0 Å². The minimum absolute atomic E-state index is 0.163. The summed E-state index contributed by atoms with van der Waals surface area (Å²) in [6.07, 6.45) is 2.29. The van der Waals surface area contributed by atoms with Gasteiger partial charge in [-0.3, -0.25) is 9.59 Å². The summed E-state index contributed by atoms with van der Waals surface area (Å²) in [6.45, 7) is 4.45. The molecule has 35 heavy (non-hydrogen) atoms. The van der Waals surface area contributed by atoms with Gasteiger partial charge in [0.05, 0.1) is 4.47 Å². The molecule has 2 amide bonds. The van der Waals surface area contributed by atoms with Gasteiger partial charge in [0.25, 0.3) is 5.91 Å². The molecule has 0 fully saturated rings. The Labute approximate surface area is 224 Å². The van der Waals surface area contributed by atoms with E-state index in [-0.39, 0.29) is 25.0 Å². The number of carbonyl (C=O) groups is 2. The molecule has 0 heterocycles. The molecule has 0 aliphatic carbocycles. The molecule has 3 aromatic rings. The number of carbonyl (C=O) groups excluding carboxylic acids is 2. The van der Waals surface area contributed by atoms with Crippen molar-refractivity contribution in [2.75, 3.05) is 13.2 Å². The molecule has 8 heteroatoms. The molecule has 0 radical (unpaired) electrons. The predicted molar refractivity (Wildman–Crippen MR) is 146 cm³/mol. The lowest BCUT2D eigenvalue weighted by Gasteiger charge is -2.31. The number of halogens is 3. The summed E-state index contributed by atoms with van der Waals surface area (Å²) in [5, 5.41) is 5.94. The topological polar surface area (TPSA) is 58.6 Å². The molecule has 0 bridgehead atoms. The first-order valence-electron chi connectivity index (χ1n) is 11.7. The minimum atomic E-state index is -0.658. The van der Waals surface area contributed by atoms with E-state index >= 15 is 0 Å². The largest absolute Gasteiger partial charge is 0.483 e. The van der Waals surface area contributed by atoms with Crippen molar-refractivity contribution < 1.29 is 14.3 Å². The van der Waals surface area contributed by atoms with Crippen molar-refractivity contribution in [3.05, 3.63) is 74.7 Å². The van der Waals surface area contributed by atoms with Crippen molar-refractivity contribution in [1.82, 2.24) is 10.2 Å². The number of fused-ring (bicyclic) bond motifs is 1. The Morgan fingerprint density at radius 3 is 2.57 bits per heavy atom. The quantitative estimate of drug-likeness (QED) is 0.248. The van der Waals surface area contributed by atoms with Crippen LogP contribution < -0.4 is 10.1 Å². The van der Waals surface area contributed by atoms with Crippen LogP contribution in [0.25, 0.3) is 10.8 Å². The molecule has 3 aromatic carbocycles. The second kappa shape index (κ2) is 13.1. The third-order valence-corrected chi connectivity index (χ3v) is 7.16. The van der Waals surface area contributed by atoms with Gasteiger partial charge >= 0.3 is 0 Å². The van der Waals surface area contributed by atoms with E-state index in [2.05, 4.69) is 28.2 Å². The lowest BCUT2D eigenvalue weighted by molar-refractivity contribution is -0.143. The Bertz CT molecular complexity index is 1190. The summed E-state index contributed by atoms with van der Waals surface area (Å²) in [5.41, 5.74) is 0.705. The Morgan fingerprint density at radius 1 is 1.09 bits per heavy atom. The summed E-state index contributed by atoms with van der Waals surface area (Å²) in [4.78, 5) is 28.0. The molecule has 0 saturated carbocycles. The molecule has 0 aliphatic heterocycles. The smallest absolute Gasteiger partial charge is 0.261 e. The monoisotopic (exact) mass is 578 g/mol. The average molecular weight is 580 g/mol. The highest BCUT2D eigenvalue weighted by atomic mass is 79.9. The molecule has 1 N–H and O–H groups in total. The maximum absolute atomic E-state index is 13.4. The lowest BCUT2D eigenvalue weighted by Crippen LogP contribution is -2.50. The molecular formula is C27H29BrCl2N2O3. The van der Waals surface area contributed by atoms with Crippen molar-refractivity contribution >= 4 is 61.7 Å². The van der Waals surface area contributed by atoms with Crippen LogP contribution in [0.3, 0.4) is 0 Å². The highest BCUT2D eigenvalue weighted by Crippen LogP contribution is 2.33. The number of benzene rings is 3. The van der Waals surface area contributed by atoms with Crippen LogP contribution in [0.5, 0.6) is 5.75 Å². The van der Waals surface area contributed by atoms with E-state index in [0.29, 0.717) is 34.3 Å². The Kier molecular flexibility index (Phi) is 10.3. The molecule has 1 atom stereocenters. The van der Waals surface area contributed by atoms with Gasteiger partial charge in [-0.05, 0) is 63.3 Å². The van der Waals surface area contributed by atoms with E-state index in [0.717, 1.165) is 28.1 Å². The number of unbranched alkanes of at least 4 members (excludes halogenated alkanes) is 1. The van der Waals surface area contributed by atoms with E-state index in [4.69, 9.17) is 27.9 Å². The van der Waals surface area contributed by atoms with Crippen LogP contribution in [0.4, 0.5) is 0 Å². The fourth-order valence-electron chi connectivity index (χ4n) is 3.81. The van der Waals surface area contributed by atoms with Crippen molar-refractivity contribution in [3.63, 3.8) is 0 Å². The van der Waals surface area contributed by atoms with Crippen LogP contribution in [-0.2, 0) is 16.1 Å². The van der Waals surface area contributed by atoms with Gasteiger partial charge in [0.15, 0.2) is 6.61 Å². The molecule has 0 spiro atoms. The fraction of sp³-hybridized carbons (Fsp3) is 0.333. The highest BCUT2D eigenvalue weighted by Gasteiger charge is 2.29.